The predicted octanol–water partition coefficient (Wildman–Crippen LogP) is 0.125. The van der Waals surface area contributed by atoms with Crippen LogP contribution in [0.25, 0.3) is 0 Å². The van der Waals surface area contributed by atoms with Crippen LogP contribution in [0.4, 0.5) is 0 Å². The summed E-state index contributed by atoms with van der Waals surface area (Å²) >= 11 is 0. The van der Waals surface area contributed by atoms with Crippen molar-refractivity contribution in [1.29, 1.82) is 0 Å². The fourth-order valence-electron chi connectivity index (χ4n) is 3.19. The predicted molar refractivity (Wildman–Crippen MR) is 103 cm³/mol. The van der Waals surface area contributed by atoms with Crippen LogP contribution < -0.4 is 10.6 Å². The highest BCUT2D eigenvalue weighted by Gasteiger charge is 2.31. The van der Waals surface area contributed by atoms with Gasteiger partial charge in [0.25, 0.3) is 0 Å². The fraction of sp³-hybridized carbons (Fsp3) is 0.875. The van der Waals surface area contributed by atoms with Crippen LogP contribution in [0.15, 0.2) is 0 Å². The van der Waals surface area contributed by atoms with E-state index in [1.807, 2.05) is 11.8 Å². The summed E-state index contributed by atoms with van der Waals surface area (Å²) in [5, 5.41) is 6.19. The van der Waals surface area contributed by atoms with Crippen molar-refractivity contribution in [3.05, 3.63) is 0 Å². The number of ether oxygens (including phenoxy) is 1. The molecule has 7 nitrogen and oxygen atoms in total. The van der Waals surface area contributed by atoms with E-state index in [2.05, 4.69) is 15.5 Å². The van der Waals surface area contributed by atoms with Crippen molar-refractivity contribution >= 4 is 36.6 Å². The number of nitrogens with one attached hydrogen (secondary N) is 2. The van der Waals surface area contributed by atoms with Crippen molar-refractivity contribution in [3.8, 4) is 0 Å². The molecule has 2 fully saturated rings. The van der Waals surface area contributed by atoms with Crippen LogP contribution in [0.5, 0.6) is 0 Å². The molecule has 2 amide bonds. The molecular weight excluding hydrogens is 367 g/mol. The minimum Gasteiger partial charge on any atom is -0.385 e. The van der Waals surface area contributed by atoms with Gasteiger partial charge in [-0.3, -0.25) is 14.5 Å². The van der Waals surface area contributed by atoms with E-state index in [1.165, 1.54) is 0 Å². The van der Waals surface area contributed by atoms with Crippen molar-refractivity contribution in [2.45, 2.75) is 25.8 Å². The molecule has 2 heterocycles. The second-order valence-electron chi connectivity index (χ2n) is 6.36. The third-order valence-electron chi connectivity index (χ3n) is 4.79. The summed E-state index contributed by atoms with van der Waals surface area (Å²) in [5.74, 6) is 0.468. The molecule has 0 aliphatic carbocycles. The molecule has 25 heavy (non-hydrogen) atoms. The molecule has 0 aromatic carbocycles. The Morgan fingerprint density at radius 2 is 1.92 bits per heavy atom. The lowest BCUT2D eigenvalue weighted by atomic mass is 10.1. The maximum atomic E-state index is 12.4. The Bertz CT molecular complexity index is 401. The van der Waals surface area contributed by atoms with Gasteiger partial charge in [-0.1, -0.05) is 0 Å². The summed E-state index contributed by atoms with van der Waals surface area (Å²) < 4.78 is 4.97. The number of halogens is 2. The zero-order chi connectivity index (χ0) is 16.7. The normalized spacial score (nSPS) is 21.8. The van der Waals surface area contributed by atoms with Crippen LogP contribution in [-0.2, 0) is 14.3 Å². The number of piperazine rings is 1. The Balaban J connectivity index is 0.00000288. The SMILES string of the molecule is COCCCNC(=O)C(C)N1CCN(C(=O)C2CCNC2)CC1.Cl.Cl. The first-order valence-corrected chi connectivity index (χ1v) is 8.63. The highest BCUT2D eigenvalue weighted by molar-refractivity contribution is 5.85. The average molecular weight is 399 g/mol. The molecule has 2 N–H and O–H groups in total. The lowest BCUT2D eigenvalue weighted by Crippen LogP contribution is -2.55. The quantitative estimate of drug-likeness (QED) is 0.596. The number of carbonyl (C=O) groups excluding carboxylic acids is 2. The van der Waals surface area contributed by atoms with E-state index in [-0.39, 0.29) is 48.6 Å². The standard InChI is InChI=1S/C16H30N4O3.2ClH/c1-13(15(21)18-5-3-11-23-2)19-7-9-20(10-8-19)16(22)14-4-6-17-12-14;;/h13-14,17H,3-12H2,1-2H3,(H,18,21);2*1H. The van der Waals surface area contributed by atoms with Crippen molar-refractivity contribution in [2.75, 3.05) is 59.5 Å². The largest absolute Gasteiger partial charge is 0.385 e. The van der Waals surface area contributed by atoms with Crippen LogP contribution in [0.1, 0.15) is 19.8 Å². The Kier molecular flexibility index (Phi) is 12.4. The topological polar surface area (TPSA) is 73.9 Å². The molecule has 0 saturated carbocycles. The molecule has 9 heteroatoms. The molecule has 0 aromatic rings. The van der Waals surface area contributed by atoms with E-state index < -0.39 is 0 Å². The molecule has 2 saturated heterocycles. The van der Waals surface area contributed by atoms with Gasteiger partial charge < -0.3 is 20.3 Å². The summed E-state index contributed by atoms with van der Waals surface area (Å²) in [6, 6.07) is -0.150. The first-order valence-electron chi connectivity index (χ1n) is 8.63. The molecule has 0 radical (unpaired) electrons. The van der Waals surface area contributed by atoms with Gasteiger partial charge in [-0.05, 0) is 26.3 Å². The molecule has 0 aromatic heterocycles. The van der Waals surface area contributed by atoms with E-state index in [0.717, 1.165) is 52.1 Å². The van der Waals surface area contributed by atoms with Crippen LogP contribution in [-0.4, -0.2) is 87.2 Å². The van der Waals surface area contributed by atoms with Gasteiger partial charge in [0.1, 0.15) is 0 Å². The molecule has 148 valence electrons. The van der Waals surface area contributed by atoms with Gasteiger partial charge in [0.05, 0.1) is 12.0 Å². The van der Waals surface area contributed by atoms with E-state index in [0.29, 0.717) is 13.2 Å². The number of methoxy groups -OCH3 is 1. The van der Waals surface area contributed by atoms with E-state index in [4.69, 9.17) is 4.74 Å². The van der Waals surface area contributed by atoms with Crippen LogP contribution in [0, 0.1) is 5.92 Å². The zero-order valence-electron chi connectivity index (χ0n) is 15.2. The van der Waals surface area contributed by atoms with Crippen LogP contribution >= 0.6 is 24.8 Å². The van der Waals surface area contributed by atoms with E-state index >= 15 is 0 Å². The minimum atomic E-state index is -0.150. The molecular formula is C16H32Cl2N4O3. The Hall–Kier alpha value is -0.600. The number of hydrogen-bond donors (Lipinski definition) is 2. The molecule has 2 unspecified atom stereocenters. The first kappa shape index (κ1) is 24.4. The van der Waals surface area contributed by atoms with Gasteiger partial charge in [0, 0.05) is 53.0 Å². The van der Waals surface area contributed by atoms with E-state index in [9.17, 15) is 9.59 Å². The Morgan fingerprint density at radius 1 is 1.24 bits per heavy atom. The summed E-state index contributed by atoms with van der Waals surface area (Å²) in [7, 11) is 1.66. The van der Waals surface area contributed by atoms with E-state index in [1.54, 1.807) is 7.11 Å². The fourth-order valence-corrected chi connectivity index (χ4v) is 3.19. The Morgan fingerprint density at radius 3 is 2.48 bits per heavy atom. The first-order chi connectivity index (χ1) is 11.1. The molecule has 0 bridgehead atoms. The van der Waals surface area contributed by atoms with Gasteiger partial charge in [0.15, 0.2) is 0 Å². The highest BCUT2D eigenvalue weighted by Crippen LogP contribution is 2.14. The van der Waals surface area contributed by atoms with Gasteiger partial charge >= 0.3 is 0 Å². The maximum Gasteiger partial charge on any atom is 0.237 e. The van der Waals surface area contributed by atoms with Gasteiger partial charge in [0.2, 0.25) is 11.8 Å². The van der Waals surface area contributed by atoms with Gasteiger partial charge in [-0.15, -0.1) is 24.8 Å². The number of amides is 2. The number of rotatable bonds is 7. The number of carbonyl (C=O) groups is 2. The van der Waals surface area contributed by atoms with Crippen molar-refractivity contribution in [3.63, 3.8) is 0 Å². The van der Waals surface area contributed by atoms with Crippen LogP contribution in [0.2, 0.25) is 0 Å². The molecule has 2 rings (SSSR count). The van der Waals surface area contributed by atoms with Crippen LogP contribution in [0.3, 0.4) is 0 Å². The molecule has 2 aliphatic heterocycles. The lowest BCUT2D eigenvalue weighted by molar-refractivity contribution is -0.137. The lowest BCUT2D eigenvalue weighted by Gasteiger charge is -2.38. The van der Waals surface area contributed by atoms with Crippen molar-refractivity contribution < 1.29 is 14.3 Å². The maximum absolute atomic E-state index is 12.4. The number of nitrogens with zero attached hydrogens (tertiary/aromatic N) is 2. The second-order valence-corrected chi connectivity index (χ2v) is 6.36. The van der Waals surface area contributed by atoms with Crippen molar-refractivity contribution in [1.82, 2.24) is 20.4 Å². The molecule has 2 aliphatic rings. The van der Waals surface area contributed by atoms with Gasteiger partial charge in [-0.2, -0.15) is 0 Å². The summed E-state index contributed by atoms with van der Waals surface area (Å²) in [6.45, 7) is 7.94. The summed E-state index contributed by atoms with van der Waals surface area (Å²) in [6.07, 6.45) is 1.77. The van der Waals surface area contributed by atoms with Gasteiger partial charge in [-0.25, -0.2) is 0 Å². The minimum absolute atomic E-state index is 0. The highest BCUT2D eigenvalue weighted by atomic mass is 35.5. The monoisotopic (exact) mass is 398 g/mol. The third kappa shape index (κ3) is 7.27. The molecule has 0 spiro atoms. The molecule has 2 atom stereocenters. The summed E-state index contributed by atoms with van der Waals surface area (Å²) in [5.41, 5.74) is 0. The third-order valence-corrected chi connectivity index (χ3v) is 4.79. The smallest absolute Gasteiger partial charge is 0.237 e. The summed E-state index contributed by atoms with van der Waals surface area (Å²) in [4.78, 5) is 28.6. The Labute approximate surface area is 163 Å². The average Bonchev–Trinajstić information content (AvgIpc) is 3.12. The second kappa shape index (κ2) is 12.7. The van der Waals surface area contributed by atoms with Crippen molar-refractivity contribution in [2.24, 2.45) is 5.92 Å². The number of hydrogen-bond acceptors (Lipinski definition) is 5. The zero-order valence-corrected chi connectivity index (χ0v) is 16.8.